The molecule has 0 aliphatic rings. The maximum atomic E-state index is 12.1. The van der Waals surface area contributed by atoms with Crippen molar-refractivity contribution in [1.82, 2.24) is 9.21 Å². The van der Waals surface area contributed by atoms with E-state index in [0.717, 1.165) is 11.8 Å². The molecule has 0 aliphatic carbocycles. The number of amides is 1. The maximum absolute atomic E-state index is 12.1. The van der Waals surface area contributed by atoms with Gasteiger partial charge in [-0.05, 0) is 38.0 Å². The quantitative estimate of drug-likeness (QED) is 0.723. The van der Waals surface area contributed by atoms with Gasteiger partial charge >= 0.3 is 0 Å². The molecule has 0 aromatic heterocycles. The lowest BCUT2D eigenvalue weighted by Gasteiger charge is -2.24. The molecule has 7 heteroatoms. The van der Waals surface area contributed by atoms with Gasteiger partial charge in [0.15, 0.2) is 0 Å². The lowest BCUT2D eigenvalue weighted by atomic mass is 10.1. The van der Waals surface area contributed by atoms with E-state index >= 15 is 0 Å². The second-order valence-corrected chi connectivity index (χ2v) is 7.46. The summed E-state index contributed by atoms with van der Waals surface area (Å²) in [5.74, 6) is -0.175. The highest BCUT2D eigenvalue weighted by atomic mass is 35.5. The van der Waals surface area contributed by atoms with Crippen LogP contribution in [0.2, 0.25) is 5.02 Å². The first-order valence-electron chi connectivity index (χ1n) is 7.25. The zero-order chi connectivity index (χ0) is 16.8. The second-order valence-electron chi connectivity index (χ2n) is 5.04. The molecule has 0 atom stereocenters. The molecular weight excluding hydrogens is 324 g/mol. The molecule has 0 radical (unpaired) electrons. The maximum Gasteiger partial charge on any atom is 0.237 e. The summed E-state index contributed by atoms with van der Waals surface area (Å²) in [4.78, 5) is 13.7. The zero-order valence-electron chi connectivity index (χ0n) is 13.3. The van der Waals surface area contributed by atoms with Crippen molar-refractivity contribution in [3.05, 3.63) is 34.9 Å². The summed E-state index contributed by atoms with van der Waals surface area (Å²) < 4.78 is 25.0. The van der Waals surface area contributed by atoms with E-state index in [1.54, 1.807) is 17.0 Å². The van der Waals surface area contributed by atoms with E-state index in [0.29, 0.717) is 24.5 Å². The number of benzene rings is 1. The third-order valence-corrected chi connectivity index (χ3v) is 4.96. The summed E-state index contributed by atoms with van der Waals surface area (Å²) in [6.07, 6.45) is 1.67. The highest BCUT2D eigenvalue weighted by Gasteiger charge is 2.22. The van der Waals surface area contributed by atoms with Gasteiger partial charge in [-0.3, -0.25) is 4.79 Å². The van der Waals surface area contributed by atoms with Crippen molar-refractivity contribution >= 4 is 27.5 Å². The standard InChI is InChI=1S/C15H23ClN2O3S/c1-4-17(5-2)15(19)12-18(22(3,20)21)11-10-13-6-8-14(16)9-7-13/h6-9H,4-5,10-12H2,1-3H3. The molecule has 0 spiro atoms. The van der Waals surface area contributed by atoms with Crippen molar-refractivity contribution in [1.29, 1.82) is 0 Å². The summed E-state index contributed by atoms with van der Waals surface area (Å²) in [7, 11) is -3.43. The minimum Gasteiger partial charge on any atom is -0.342 e. The SMILES string of the molecule is CCN(CC)C(=O)CN(CCc1ccc(Cl)cc1)S(C)(=O)=O. The average molecular weight is 347 g/mol. The predicted octanol–water partition coefficient (Wildman–Crippen LogP) is 2.01. The Hall–Kier alpha value is -1.11. The van der Waals surface area contributed by atoms with Crippen LogP contribution in [0, 0.1) is 0 Å². The van der Waals surface area contributed by atoms with Crippen LogP contribution >= 0.6 is 11.6 Å². The monoisotopic (exact) mass is 346 g/mol. The molecule has 0 N–H and O–H groups in total. The molecule has 5 nitrogen and oxygen atoms in total. The van der Waals surface area contributed by atoms with Crippen LogP contribution in [0.25, 0.3) is 0 Å². The van der Waals surface area contributed by atoms with Crippen molar-refractivity contribution in [2.24, 2.45) is 0 Å². The number of likely N-dealkylation sites (N-methyl/N-ethyl adjacent to an activating group) is 1. The molecule has 0 aliphatic heterocycles. The van der Waals surface area contributed by atoms with E-state index in [2.05, 4.69) is 0 Å². The van der Waals surface area contributed by atoms with Gasteiger partial charge in [-0.15, -0.1) is 0 Å². The third kappa shape index (κ3) is 5.94. The predicted molar refractivity (Wildman–Crippen MR) is 89.5 cm³/mol. The van der Waals surface area contributed by atoms with Crippen LogP contribution in [0.3, 0.4) is 0 Å². The van der Waals surface area contributed by atoms with Gasteiger partial charge in [-0.25, -0.2) is 8.42 Å². The molecule has 1 aromatic rings. The highest BCUT2D eigenvalue weighted by Crippen LogP contribution is 2.11. The first kappa shape index (κ1) is 18.9. The fourth-order valence-corrected chi connectivity index (χ4v) is 2.99. The summed E-state index contributed by atoms with van der Waals surface area (Å²) in [6, 6.07) is 7.25. The molecule has 0 saturated heterocycles. The fourth-order valence-electron chi connectivity index (χ4n) is 2.09. The van der Waals surface area contributed by atoms with Crippen LogP contribution in [-0.2, 0) is 21.2 Å². The molecule has 0 saturated carbocycles. The van der Waals surface area contributed by atoms with Crippen LogP contribution in [0.5, 0.6) is 0 Å². The van der Waals surface area contributed by atoms with E-state index in [4.69, 9.17) is 11.6 Å². The van der Waals surface area contributed by atoms with Crippen LogP contribution in [-0.4, -0.2) is 56.0 Å². The molecular formula is C15H23ClN2O3S. The first-order chi connectivity index (χ1) is 10.3. The summed E-state index contributed by atoms with van der Waals surface area (Å²) in [5.41, 5.74) is 0.980. The smallest absolute Gasteiger partial charge is 0.237 e. The van der Waals surface area contributed by atoms with Crippen molar-refractivity contribution in [2.75, 3.05) is 32.4 Å². The largest absolute Gasteiger partial charge is 0.342 e. The highest BCUT2D eigenvalue weighted by molar-refractivity contribution is 7.88. The Morgan fingerprint density at radius 3 is 2.14 bits per heavy atom. The van der Waals surface area contributed by atoms with Gasteiger partial charge in [0.1, 0.15) is 0 Å². The van der Waals surface area contributed by atoms with Crippen molar-refractivity contribution in [3.8, 4) is 0 Å². The molecule has 0 heterocycles. The number of sulfonamides is 1. The first-order valence-corrected chi connectivity index (χ1v) is 9.47. The third-order valence-electron chi connectivity index (χ3n) is 3.46. The number of carbonyl (C=O) groups excluding carboxylic acids is 1. The molecule has 0 unspecified atom stereocenters. The molecule has 1 rings (SSSR count). The Kier molecular flexibility index (Phi) is 7.32. The van der Waals surface area contributed by atoms with Gasteiger partial charge in [0.2, 0.25) is 15.9 Å². The fraction of sp³-hybridized carbons (Fsp3) is 0.533. The Bertz CT molecular complexity index is 583. The Morgan fingerprint density at radius 1 is 1.14 bits per heavy atom. The number of rotatable bonds is 8. The van der Waals surface area contributed by atoms with Gasteiger partial charge in [-0.2, -0.15) is 4.31 Å². The van der Waals surface area contributed by atoms with Gasteiger partial charge in [0.25, 0.3) is 0 Å². The van der Waals surface area contributed by atoms with Gasteiger partial charge in [-0.1, -0.05) is 23.7 Å². The lowest BCUT2D eigenvalue weighted by Crippen LogP contribution is -2.43. The number of hydrogen-bond acceptors (Lipinski definition) is 3. The van der Waals surface area contributed by atoms with Crippen molar-refractivity contribution < 1.29 is 13.2 Å². The molecule has 0 fully saturated rings. The van der Waals surface area contributed by atoms with Crippen LogP contribution < -0.4 is 0 Å². The van der Waals surface area contributed by atoms with E-state index in [-0.39, 0.29) is 19.0 Å². The zero-order valence-corrected chi connectivity index (χ0v) is 14.8. The van der Waals surface area contributed by atoms with E-state index < -0.39 is 10.0 Å². The van der Waals surface area contributed by atoms with Crippen molar-refractivity contribution in [2.45, 2.75) is 20.3 Å². The summed E-state index contributed by atoms with van der Waals surface area (Å²) in [6.45, 7) is 5.05. The molecule has 1 amide bonds. The molecule has 124 valence electrons. The van der Waals surface area contributed by atoms with Crippen molar-refractivity contribution in [3.63, 3.8) is 0 Å². The Morgan fingerprint density at radius 2 is 1.68 bits per heavy atom. The van der Waals surface area contributed by atoms with E-state index in [9.17, 15) is 13.2 Å². The van der Waals surface area contributed by atoms with E-state index in [1.807, 2.05) is 26.0 Å². The normalized spacial score (nSPS) is 11.7. The molecule has 1 aromatic carbocycles. The Balaban J connectivity index is 2.73. The number of hydrogen-bond donors (Lipinski definition) is 0. The van der Waals surface area contributed by atoms with Gasteiger partial charge in [0, 0.05) is 24.7 Å². The summed E-state index contributed by atoms with van der Waals surface area (Å²) in [5, 5.41) is 0.639. The number of carbonyl (C=O) groups is 1. The van der Waals surface area contributed by atoms with E-state index in [1.165, 1.54) is 4.31 Å². The Labute approximate surface area is 137 Å². The minimum absolute atomic E-state index is 0.117. The molecule has 22 heavy (non-hydrogen) atoms. The van der Waals surface area contributed by atoms with Gasteiger partial charge in [0.05, 0.1) is 12.8 Å². The lowest BCUT2D eigenvalue weighted by molar-refractivity contribution is -0.131. The average Bonchev–Trinajstić information content (AvgIpc) is 2.45. The van der Waals surface area contributed by atoms with Crippen LogP contribution in [0.15, 0.2) is 24.3 Å². The van der Waals surface area contributed by atoms with Gasteiger partial charge < -0.3 is 4.90 Å². The summed E-state index contributed by atoms with van der Waals surface area (Å²) >= 11 is 5.83. The van der Waals surface area contributed by atoms with Crippen LogP contribution in [0.4, 0.5) is 0 Å². The van der Waals surface area contributed by atoms with Crippen LogP contribution in [0.1, 0.15) is 19.4 Å². The second kappa shape index (κ2) is 8.50. The molecule has 0 bridgehead atoms. The number of nitrogens with zero attached hydrogens (tertiary/aromatic N) is 2. The number of halogens is 1. The minimum atomic E-state index is -3.43. The topological polar surface area (TPSA) is 57.7 Å².